The van der Waals surface area contributed by atoms with Gasteiger partial charge in [-0.3, -0.25) is 68.3 Å². The van der Waals surface area contributed by atoms with Gasteiger partial charge in [0.2, 0.25) is 52.6 Å². The summed E-state index contributed by atoms with van der Waals surface area (Å²) >= 11 is 0. The van der Waals surface area contributed by atoms with E-state index in [9.17, 15) is 61.0 Å². The van der Waals surface area contributed by atoms with E-state index in [-0.39, 0.29) is 150 Å². The van der Waals surface area contributed by atoms with Crippen LogP contribution in [0.25, 0.3) is 44.1 Å². The first kappa shape index (κ1) is 114. The molecule has 765 valence electrons. The third kappa shape index (κ3) is 32.9. The second-order valence-electron chi connectivity index (χ2n) is 33.4. The monoisotopic (exact) mass is 2070 g/mol. The number of aromatic amines is 4. The van der Waals surface area contributed by atoms with E-state index in [1.54, 1.807) is 0 Å². The number of oxazole rings is 4. The van der Waals surface area contributed by atoms with Crippen LogP contribution in [-0.4, -0.2) is 231 Å². The average molecular weight is 2070 g/mol. The summed E-state index contributed by atoms with van der Waals surface area (Å²) in [5.74, 6) is 0.133. The maximum absolute atomic E-state index is 13.6. The number of pyridine rings is 4. The van der Waals surface area contributed by atoms with Gasteiger partial charge in [-0.1, -0.05) is 55.5 Å². The van der Waals surface area contributed by atoms with Crippen LogP contribution < -0.4 is 56.1 Å². The zero-order valence-electron chi connectivity index (χ0n) is 81.3. The molecule has 20 rings (SSSR count). The zero-order valence-corrected chi connectivity index (χ0v) is 85.0. The number of hydrogen-bond donors (Lipinski definition) is 10. The maximum atomic E-state index is 13.6. The predicted octanol–water partition coefficient (Wildman–Crippen LogP) is 9.17. The first-order valence-corrected chi connectivity index (χ1v) is 45.6. The molecule has 0 aliphatic carbocycles. The summed E-state index contributed by atoms with van der Waals surface area (Å²) in [5, 5.41) is 24.0. The quantitative estimate of drug-likeness (QED) is 0.00793. The first-order valence-electron chi connectivity index (χ1n) is 45.6. The molecule has 4 fully saturated rings. The topological polar surface area (TPSA) is 528 Å². The normalized spacial score (nSPS) is 13.5. The number of H-pyrrole nitrogens is 4. The molecule has 1 unspecified atom stereocenters. The Morgan fingerprint density at radius 2 is 0.748 bits per heavy atom. The predicted molar refractivity (Wildman–Crippen MR) is 526 cm³/mol. The molecule has 147 heavy (non-hydrogen) atoms. The number of aromatic nitrogens is 16. The van der Waals surface area contributed by atoms with Crippen LogP contribution in [0.15, 0.2) is 213 Å². The van der Waals surface area contributed by atoms with Gasteiger partial charge in [0.05, 0.1) is 155 Å². The number of halogens is 6. The third-order valence-electron chi connectivity index (χ3n) is 22.3. The second kappa shape index (κ2) is 56.1. The van der Waals surface area contributed by atoms with Crippen LogP contribution in [0.1, 0.15) is 202 Å². The van der Waals surface area contributed by atoms with Gasteiger partial charge in [0.25, 0.3) is 23.6 Å². The summed E-state index contributed by atoms with van der Waals surface area (Å²) in [5.41, 5.74) is 8.02. The fourth-order valence-electron chi connectivity index (χ4n) is 14.9. The summed E-state index contributed by atoms with van der Waals surface area (Å²) in [6.07, 6.45) is 11.3. The van der Waals surface area contributed by atoms with E-state index in [0.29, 0.717) is 66.7 Å². The van der Waals surface area contributed by atoms with Crippen molar-refractivity contribution in [3.63, 3.8) is 0 Å². The van der Waals surface area contributed by atoms with Gasteiger partial charge in [-0.15, -0.1) is 24.8 Å². The van der Waals surface area contributed by atoms with Crippen molar-refractivity contribution in [3.8, 4) is 0 Å². The van der Waals surface area contributed by atoms with Crippen molar-refractivity contribution >= 4 is 125 Å². The molecule has 1 atom stereocenters. The number of amides is 4. The summed E-state index contributed by atoms with van der Waals surface area (Å²) in [4.78, 5) is 167. The maximum Gasteiger partial charge on any atom is 1.00 e. The van der Waals surface area contributed by atoms with Gasteiger partial charge >= 0.3 is 41.5 Å². The number of para-hydroxylation sites is 8. The smallest absolute Gasteiger partial charge is 0.793 e. The Morgan fingerprint density at radius 3 is 1.02 bits per heavy atom. The number of likely N-dealkylation sites (tertiary alicyclic amines) is 3. The number of aliphatic hydroxyl groups is 1. The molecule has 0 saturated carbocycles. The number of rotatable bonds is 26. The van der Waals surface area contributed by atoms with Crippen LogP contribution in [0, 0.1) is 23.3 Å². The van der Waals surface area contributed by atoms with Gasteiger partial charge in [-0.05, 0) is 131 Å². The van der Waals surface area contributed by atoms with Crippen LogP contribution in [0.2, 0.25) is 0 Å². The SMILES string of the molecule is CC(=O)OOC(C)=O.CCN(C(C)C)C(C)C.Cl.Cl.O=C(NCc1ncccc1F)c1cnc(C2CN(C(O)c3nc4ccccc4[nH]3)C2)o1.O=C(NCc1ncccc1F)c1cnc(C2CN(Cc3nc4ccccc4[nH]3)C2)o1.O=C(NCc1ncccc1F)c1cnc(C2CN(Cc3nc4ccccc4[nH]3)C2)o1.O=C(NCc1ncccc1F)c1cnc(C2CNC2)o1.O=Cc1nc2ccccc2[nH]1.[B-]OC(C)=O.[Na+]. The van der Waals surface area contributed by atoms with Crippen molar-refractivity contribution in [2.75, 3.05) is 58.9 Å². The minimum absolute atomic E-state index is 0. The molecular formula is C98H106BCl2F4N25NaO16. The number of imidazole rings is 4. The molecule has 4 amide bonds. The molecule has 0 bridgehead atoms. The van der Waals surface area contributed by atoms with Crippen molar-refractivity contribution in [2.45, 2.75) is 137 Å². The Labute approximate surface area is 874 Å². The molecule has 4 aromatic carbocycles. The number of benzene rings is 4. The average Bonchev–Trinajstić information content (AvgIpc) is 1.63. The van der Waals surface area contributed by atoms with Crippen molar-refractivity contribution < 1.29 is 123 Å². The van der Waals surface area contributed by atoms with Crippen LogP contribution in [0.3, 0.4) is 0 Å². The van der Waals surface area contributed by atoms with Gasteiger partial charge in [0.1, 0.15) is 34.9 Å². The van der Waals surface area contributed by atoms with E-state index in [0.717, 1.165) is 129 Å². The number of aldehydes is 1. The van der Waals surface area contributed by atoms with E-state index in [4.69, 9.17) is 17.7 Å². The molecule has 4 aliphatic rings. The van der Waals surface area contributed by atoms with Gasteiger partial charge < -0.3 is 82.0 Å². The summed E-state index contributed by atoms with van der Waals surface area (Å²) < 4.78 is 80.0. The Hall–Kier alpha value is -14.7. The first-order chi connectivity index (χ1) is 69.5. The van der Waals surface area contributed by atoms with Gasteiger partial charge in [0.15, 0.2) is 24.2 Å². The number of fused-ring (bicyclic) bond motifs is 4. The van der Waals surface area contributed by atoms with Crippen molar-refractivity contribution in [1.29, 1.82) is 0 Å². The molecule has 4 saturated heterocycles. The van der Waals surface area contributed by atoms with Crippen LogP contribution >= 0.6 is 24.8 Å². The van der Waals surface area contributed by atoms with Crippen molar-refractivity contribution in [2.24, 2.45) is 0 Å². The summed E-state index contributed by atoms with van der Waals surface area (Å²) in [6, 6.07) is 43.5. The largest absolute Gasteiger partial charge is 1.00 e. The number of carbonyl (C=O) groups excluding carboxylic acids is 8. The fourth-order valence-corrected chi connectivity index (χ4v) is 14.9. The van der Waals surface area contributed by atoms with E-state index in [1.165, 1.54) is 105 Å². The van der Waals surface area contributed by atoms with Gasteiger partial charge in [-0.2, -0.15) is 0 Å². The Kier molecular flexibility index (Phi) is 43.6. The molecule has 0 spiro atoms. The van der Waals surface area contributed by atoms with E-state index in [2.05, 4.69) is 178 Å². The molecular weight excluding hydrogens is 1960 g/mol. The summed E-state index contributed by atoms with van der Waals surface area (Å²) in [7, 11) is 4.32. The molecule has 4 aliphatic heterocycles. The van der Waals surface area contributed by atoms with Crippen LogP contribution in [0.5, 0.6) is 0 Å². The van der Waals surface area contributed by atoms with Crippen LogP contribution in [0.4, 0.5) is 17.6 Å². The molecule has 12 aromatic heterocycles. The number of nitrogens with one attached hydrogen (secondary N) is 9. The number of aliphatic hydroxyl groups excluding tert-OH is 1. The Morgan fingerprint density at radius 1 is 0.442 bits per heavy atom. The van der Waals surface area contributed by atoms with Gasteiger partial charge in [-0.25, -0.2) is 76.8 Å². The molecule has 16 heterocycles. The van der Waals surface area contributed by atoms with Gasteiger partial charge in [0, 0.05) is 110 Å². The van der Waals surface area contributed by atoms with Crippen molar-refractivity contribution in [3.05, 3.63) is 311 Å². The Bertz CT molecular complexity index is 6670. The van der Waals surface area contributed by atoms with Crippen molar-refractivity contribution in [1.82, 2.24) is 126 Å². The number of nitrogens with zero attached hydrogens (tertiary/aromatic N) is 16. The minimum Gasteiger partial charge on any atom is -0.793 e. The van der Waals surface area contributed by atoms with Crippen LogP contribution in [-0.2, 0) is 68.1 Å². The standard InChI is InChI=1S/C21H19FN6O3.2C21H19FN6O2.C13H13FN4O2.C8H6N2O.C8H19N.C4H6O4.C2H3BO2.2ClH.Na/c22-13-4-3-7-23-16(13)8-24-19(29)17-9-25-20(31-17)12-10-28(11-12)21(30)18-26-14-5-1-2-6-15(14)27-18;2*22-14-4-3-7-23-17(14)8-24-20(29)18-9-25-21(30-18)13-10-28(11-13)12-19-26-15-5-1-2-6-16(15)27-19;14-9-2-1-3-16-10(9)6-17-12(19)11-7-18-13(20-11)8-4-15-5-8;11-5-8-9-6-3-1-2-4-7(6)10-8;1-6-9(7(2)3)8(4)5;1-3(5)7-8-4(2)6;1-2(4)5-3;;;/h1-7,9,12,21,30H,8,10-11H2,(H,24,29)(H,26,27);2*1-7,9,13H,8,10-12H2,(H,24,29)(H,26,27);1-3,7-8,15H,4-6H2,(H,17,19);1-5H,(H,9,10);7-8H,6H2,1-5H3;1-2H3;1H3;2*1H;/q;;;;;;;-1;;;+1. The number of carbonyl (C=O) groups is 8. The van der Waals surface area contributed by atoms with E-state index >= 15 is 0 Å². The molecule has 49 heteroatoms. The third-order valence-corrected chi connectivity index (χ3v) is 22.3. The fraction of sp³-hybridized carbons (Fsp3) is 0.306. The molecule has 10 N–H and O–H groups in total. The molecule has 41 nitrogen and oxygen atoms in total. The number of hydrogen-bond acceptors (Lipinski definition) is 33. The Balaban J connectivity index is 0.000000182. The molecule has 16 aromatic rings. The summed E-state index contributed by atoms with van der Waals surface area (Å²) in [6.45, 7) is 22.9. The minimum atomic E-state index is -0.866. The zero-order chi connectivity index (χ0) is 102. The molecule has 3 radical (unpaired) electrons. The van der Waals surface area contributed by atoms with E-state index in [1.807, 2.05) is 102 Å². The van der Waals surface area contributed by atoms with E-state index < -0.39 is 71.0 Å². The second-order valence-corrected chi connectivity index (χ2v) is 33.4.